The summed E-state index contributed by atoms with van der Waals surface area (Å²) in [5.41, 5.74) is -0.638. The van der Waals surface area contributed by atoms with E-state index in [9.17, 15) is 9.59 Å². The number of nitrogens with zero attached hydrogens (tertiary/aromatic N) is 1. The molecule has 1 N–H and O–H groups in total. The first-order valence-corrected chi connectivity index (χ1v) is 8.27. The number of hydrogen-bond acceptors (Lipinski definition) is 3. The summed E-state index contributed by atoms with van der Waals surface area (Å²) in [6.07, 6.45) is 4.75. The average molecular weight is 294 g/mol. The van der Waals surface area contributed by atoms with Crippen molar-refractivity contribution < 1.29 is 14.3 Å². The maximum atomic E-state index is 12.8. The smallest absolute Gasteiger partial charge is 0.246 e. The van der Waals surface area contributed by atoms with E-state index in [1.807, 2.05) is 18.7 Å². The highest BCUT2D eigenvalue weighted by Crippen LogP contribution is 2.45. The molecule has 5 nitrogen and oxygen atoms in total. The van der Waals surface area contributed by atoms with Gasteiger partial charge in [-0.05, 0) is 50.9 Å². The van der Waals surface area contributed by atoms with Gasteiger partial charge in [-0.25, -0.2) is 0 Å². The first kappa shape index (κ1) is 14.8. The second kappa shape index (κ2) is 5.59. The number of nitrogens with one attached hydrogen (secondary N) is 1. The van der Waals surface area contributed by atoms with Crippen molar-refractivity contribution in [2.75, 3.05) is 19.8 Å². The molecule has 3 rings (SSSR count). The van der Waals surface area contributed by atoms with Crippen molar-refractivity contribution in [3.05, 3.63) is 0 Å². The number of carbonyl (C=O) groups excluding carboxylic acids is 2. The lowest BCUT2D eigenvalue weighted by Gasteiger charge is -2.48. The second-order valence-electron chi connectivity index (χ2n) is 6.86. The molecule has 3 fully saturated rings. The fraction of sp³-hybridized carbons (Fsp3) is 0.875. The van der Waals surface area contributed by atoms with Crippen LogP contribution < -0.4 is 5.32 Å². The molecule has 0 aromatic carbocycles. The molecule has 2 unspecified atom stereocenters. The van der Waals surface area contributed by atoms with E-state index in [1.165, 1.54) is 0 Å². The largest absolute Gasteiger partial charge is 0.381 e. The second-order valence-corrected chi connectivity index (χ2v) is 6.86. The molecule has 2 atom stereocenters. The maximum Gasteiger partial charge on any atom is 0.246 e. The third-order valence-corrected chi connectivity index (χ3v) is 5.45. The fourth-order valence-corrected chi connectivity index (χ4v) is 3.70. The highest BCUT2D eigenvalue weighted by atomic mass is 16.5. The van der Waals surface area contributed by atoms with Gasteiger partial charge in [0.25, 0.3) is 0 Å². The Balaban J connectivity index is 1.82. The van der Waals surface area contributed by atoms with E-state index < -0.39 is 5.54 Å². The Bertz CT molecular complexity index is 429. The Kier molecular flexibility index (Phi) is 3.95. The van der Waals surface area contributed by atoms with Crippen LogP contribution in [0.1, 0.15) is 46.0 Å². The van der Waals surface area contributed by atoms with E-state index in [1.54, 1.807) is 0 Å². The van der Waals surface area contributed by atoms with Crippen molar-refractivity contribution in [2.24, 2.45) is 11.8 Å². The standard InChI is InChI=1S/C16H26N2O3/c1-3-13-14(19)18(10-11-6-8-21-9-7-11)16(2,12-4-5-12)15(20)17-13/h11-13H,3-10H2,1-2H3,(H,17,20). The van der Waals surface area contributed by atoms with Gasteiger partial charge in [-0.1, -0.05) is 6.92 Å². The maximum absolute atomic E-state index is 12.8. The van der Waals surface area contributed by atoms with E-state index >= 15 is 0 Å². The number of carbonyl (C=O) groups is 2. The number of hydrogen-bond donors (Lipinski definition) is 1. The SMILES string of the molecule is CCC1NC(=O)C(C)(C2CC2)N(CC2CCOCC2)C1=O. The molecular weight excluding hydrogens is 268 g/mol. The van der Waals surface area contributed by atoms with Gasteiger partial charge in [0.05, 0.1) is 0 Å². The van der Waals surface area contributed by atoms with E-state index in [0.29, 0.717) is 24.8 Å². The van der Waals surface area contributed by atoms with Gasteiger partial charge in [-0.15, -0.1) is 0 Å². The summed E-state index contributed by atoms with van der Waals surface area (Å²) in [6, 6.07) is -0.343. The van der Waals surface area contributed by atoms with Crippen LogP contribution in [0.3, 0.4) is 0 Å². The first-order valence-electron chi connectivity index (χ1n) is 8.27. The van der Waals surface area contributed by atoms with E-state index in [-0.39, 0.29) is 17.9 Å². The number of ether oxygens (including phenoxy) is 1. The molecule has 2 saturated heterocycles. The Morgan fingerprint density at radius 3 is 2.48 bits per heavy atom. The molecule has 1 saturated carbocycles. The van der Waals surface area contributed by atoms with Crippen LogP contribution in [0.2, 0.25) is 0 Å². The van der Waals surface area contributed by atoms with Crippen LogP contribution in [0, 0.1) is 11.8 Å². The van der Waals surface area contributed by atoms with Gasteiger partial charge in [0, 0.05) is 19.8 Å². The van der Waals surface area contributed by atoms with Gasteiger partial charge in [0.1, 0.15) is 11.6 Å². The summed E-state index contributed by atoms with van der Waals surface area (Å²) in [5.74, 6) is 0.949. The molecule has 5 heteroatoms. The van der Waals surface area contributed by atoms with Crippen LogP contribution in [0.4, 0.5) is 0 Å². The molecule has 1 aliphatic carbocycles. The predicted molar refractivity (Wildman–Crippen MR) is 78.6 cm³/mol. The molecule has 0 aromatic heterocycles. The molecule has 2 amide bonds. The number of rotatable bonds is 4. The lowest BCUT2D eigenvalue weighted by molar-refractivity contribution is -0.159. The highest BCUT2D eigenvalue weighted by Gasteiger charge is 2.56. The molecule has 0 aromatic rings. The van der Waals surface area contributed by atoms with Gasteiger partial charge in [-0.2, -0.15) is 0 Å². The minimum Gasteiger partial charge on any atom is -0.381 e. The Hall–Kier alpha value is -1.10. The molecule has 0 radical (unpaired) electrons. The van der Waals surface area contributed by atoms with Crippen LogP contribution in [0.5, 0.6) is 0 Å². The van der Waals surface area contributed by atoms with E-state index in [0.717, 1.165) is 38.9 Å². The molecule has 2 heterocycles. The summed E-state index contributed by atoms with van der Waals surface area (Å²) in [5, 5.41) is 2.94. The molecule has 118 valence electrons. The van der Waals surface area contributed by atoms with Crippen molar-refractivity contribution in [1.29, 1.82) is 0 Å². The quantitative estimate of drug-likeness (QED) is 0.850. The monoisotopic (exact) mass is 294 g/mol. The zero-order chi connectivity index (χ0) is 15.0. The highest BCUT2D eigenvalue weighted by molar-refractivity contribution is 6.00. The van der Waals surface area contributed by atoms with Crippen LogP contribution in [0.25, 0.3) is 0 Å². The minimum atomic E-state index is -0.638. The van der Waals surface area contributed by atoms with E-state index in [4.69, 9.17) is 4.74 Å². The Morgan fingerprint density at radius 2 is 1.90 bits per heavy atom. The predicted octanol–water partition coefficient (Wildman–Crippen LogP) is 1.32. The van der Waals surface area contributed by atoms with Gasteiger partial charge in [0.2, 0.25) is 11.8 Å². The molecule has 3 aliphatic rings. The van der Waals surface area contributed by atoms with Crippen molar-refractivity contribution in [3.8, 4) is 0 Å². The Morgan fingerprint density at radius 1 is 1.24 bits per heavy atom. The van der Waals surface area contributed by atoms with Crippen LogP contribution >= 0.6 is 0 Å². The number of amides is 2. The lowest BCUT2D eigenvalue weighted by Crippen LogP contribution is -2.71. The lowest BCUT2D eigenvalue weighted by atomic mass is 9.85. The van der Waals surface area contributed by atoms with Crippen molar-refractivity contribution in [1.82, 2.24) is 10.2 Å². The molecule has 0 bridgehead atoms. The van der Waals surface area contributed by atoms with Crippen LogP contribution in [-0.2, 0) is 14.3 Å². The molecule has 0 spiro atoms. The Labute approximate surface area is 126 Å². The minimum absolute atomic E-state index is 0.0449. The van der Waals surface area contributed by atoms with Gasteiger partial charge >= 0.3 is 0 Å². The average Bonchev–Trinajstić information content (AvgIpc) is 3.33. The molecule has 21 heavy (non-hydrogen) atoms. The van der Waals surface area contributed by atoms with Crippen molar-refractivity contribution in [3.63, 3.8) is 0 Å². The van der Waals surface area contributed by atoms with Gasteiger partial charge < -0.3 is 15.0 Å². The summed E-state index contributed by atoms with van der Waals surface area (Å²) in [6.45, 7) is 6.17. The van der Waals surface area contributed by atoms with Gasteiger partial charge in [0.15, 0.2) is 0 Å². The number of piperazine rings is 1. The third kappa shape index (κ3) is 2.56. The van der Waals surface area contributed by atoms with Crippen molar-refractivity contribution >= 4 is 11.8 Å². The summed E-state index contributed by atoms with van der Waals surface area (Å²) >= 11 is 0. The summed E-state index contributed by atoms with van der Waals surface area (Å²) < 4.78 is 5.41. The van der Waals surface area contributed by atoms with E-state index in [2.05, 4.69) is 5.32 Å². The fourth-order valence-electron chi connectivity index (χ4n) is 3.70. The van der Waals surface area contributed by atoms with Gasteiger partial charge in [-0.3, -0.25) is 9.59 Å². The molecular formula is C16H26N2O3. The summed E-state index contributed by atoms with van der Waals surface area (Å²) in [4.78, 5) is 27.3. The topological polar surface area (TPSA) is 58.6 Å². The zero-order valence-electron chi connectivity index (χ0n) is 13.1. The summed E-state index contributed by atoms with van der Waals surface area (Å²) in [7, 11) is 0. The van der Waals surface area contributed by atoms with Crippen LogP contribution in [-0.4, -0.2) is 48.1 Å². The first-order chi connectivity index (χ1) is 10.1. The van der Waals surface area contributed by atoms with Crippen LogP contribution in [0.15, 0.2) is 0 Å². The molecule has 2 aliphatic heterocycles. The zero-order valence-corrected chi connectivity index (χ0v) is 13.1. The third-order valence-electron chi connectivity index (χ3n) is 5.45. The normalized spacial score (nSPS) is 35.0. The van der Waals surface area contributed by atoms with Crippen molar-refractivity contribution in [2.45, 2.75) is 57.5 Å².